The highest BCUT2D eigenvalue weighted by molar-refractivity contribution is 5.79. The van der Waals surface area contributed by atoms with E-state index >= 15 is 0 Å². The van der Waals surface area contributed by atoms with Crippen LogP contribution in [0.15, 0.2) is 0 Å². The van der Waals surface area contributed by atoms with Crippen molar-refractivity contribution < 1.29 is 19.4 Å². The minimum Gasteiger partial charge on any atom is -0.481 e. The summed E-state index contributed by atoms with van der Waals surface area (Å²) in [6, 6.07) is -0.0348. The van der Waals surface area contributed by atoms with E-state index < -0.39 is 11.4 Å². The third kappa shape index (κ3) is 2.57. The van der Waals surface area contributed by atoms with Crippen LogP contribution in [-0.4, -0.2) is 54.4 Å². The summed E-state index contributed by atoms with van der Waals surface area (Å²) in [5.41, 5.74) is -0.821. The van der Waals surface area contributed by atoms with Crippen LogP contribution in [0.5, 0.6) is 0 Å². The van der Waals surface area contributed by atoms with Crippen molar-refractivity contribution in [3.05, 3.63) is 0 Å². The van der Waals surface area contributed by atoms with Gasteiger partial charge in [0.15, 0.2) is 0 Å². The SMILES string of the molecule is CCC1(CC)C(NC(=O)N2CCC(C)(C(=O)O)C2)CC1OC. The largest absolute Gasteiger partial charge is 0.481 e. The molecular weight excluding hydrogens is 284 g/mol. The molecule has 0 radical (unpaired) electrons. The third-order valence-electron chi connectivity index (χ3n) is 5.96. The first-order chi connectivity index (χ1) is 10.3. The van der Waals surface area contributed by atoms with E-state index in [9.17, 15) is 14.7 Å². The van der Waals surface area contributed by atoms with Gasteiger partial charge in [-0.25, -0.2) is 4.79 Å². The summed E-state index contributed by atoms with van der Waals surface area (Å²) in [4.78, 5) is 25.4. The lowest BCUT2D eigenvalue weighted by atomic mass is 9.58. The van der Waals surface area contributed by atoms with E-state index in [2.05, 4.69) is 19.2 Å². The molecule has 3 unspecified atom stereocenters. The second-order valence-electron chi connectivity index (χ2n) is 6.94. The highest BCUT2D eigenvalue weighted by atomic mass is 16.5. The zero-order chi connectivity index (χ0) is 16.5. The van der Waals surface area contributed by atoms with Gasteiger partial charge in [0, 0.05) is 31.7 Å². The summed E-state index contributed by atoms with van der Waals surface area (Å²) in [6.07, 6.45) is 3.44. The normalized spacial score (nSPS) is 33.4. The number of amides is 2. The Bertz CT molecular complexity index is 449. The smallest absolute Gasteiger partial charge is 0.317 e. The van der Waals surface area contributed by atoms with Crippen molar-refractivity contribution >= 4 is 12.0 Å². The fourth-order valence-corrected chi connectivity index (χ4v) is 4.03. The lowest BCUT2D eigenvalue weighted by molar-refractivity contribution is -0.147. The van der Waals surface area contributed by atoms with Crippen molar-refractivity contribution in [3.8, 4) is 0 Å². The predicted molar refractivity (Wildman–Crippen MR) is 82.7 cm³/mol. The molecule has 22 heavy (non-hydrogen) atoms. The van der Waals surface area contributed by atoms with Gasteiger partial charge in [-0.2, -0.15) is 0 Å². The Kier molecular flexibility index (Phi) is 4.70. The first-order valence-electron chi connectivity index (χ1n) is 8.14. The summed E-state index contributed by atoms with van der Waals surface area (Å²) in [7, 11) is 1.72. The molecule has 2 fully saturated rings. The van der Waals surface area contributed by atoms with Gasteiger partial charge < -0.3 is 20.1 Å². The number of methoxy groups -OCH3 is 1. The minimum absolute atomic E-state index is 0.000234. The number of carboxylic acids is 1. The maximum Gasteiger partial charge on any atom is 0.317 e. The molecule has 1 saturated carbocycles. The second-order valence-corrected chi connectivity index (χ2v) is 6.94. The van der Waals surface area contributed by atoms with Crippen LogP contribution in [0, 0.1) is 10.8 Å². The zero-order valence-electron chi connectivity index (χ0n) is 14.0. The van der Waals surface area contributed by atoms with E-state index in [0.29, 0.717) is 13.0 Å². The molecule has 0 bridgehead atoms. The molecule has 6 nitrogen and oxygen atoms in total. The van der Waals surface area contributed by atoms with E-state index in [1.54, 1.807) is 18.9 Å². The molecule has 1 aliphatic carbocycles. The summed E-state index contributed by atoms with van der Waals surface area (Å²) < 4.78 is 5.54. The number of rotatable bonds is 5. The predicted octanol–water partition coefficient (Wildman–Crippen LogP) is 2.09. The first-order valence-corrected chi connectivity index (χ1v) is 8.14. The molecule has 0 aromatic rings. The van der Waals surface area contributed by atoms with E-state index in [4.69, 9.17) is 4.74 Å². The van der Waals surface area contributed by atoms with E-state index in [-0.39, 0.29) is 30.1 Å². The average Bonchev–Trinajstić information content (AvgIpc) is 2.88. The Balaban J connectivity index is 1.97. The Labute approximate surface area is 132 Å². The van der Waals surface area contributed by atoms with Crippen LogP contribution in [0.2, 0.25) is 0 Å². The zero-order valence-corrected chi connectivity index (χ0v) is 14.0. The Morgan fingerprint density at radius 2 is 2.00 bits per heavy atom. The molecule has 2 rings (SSSR count). The van der Waals surface area contributed by atoms with E-state index in [1.165, 1.54) is 0 Å². The molecule has 2 aliphatic rings. The van der Waals surface area contributed by atoms with Gasteiger partial charge >= 0.3 is 12.0 Å². The van der Waals surface area contributed by atoms with Crippen molar-refractivity contribution in [3.63, 3.8) is 0 Å². The van der Waals surface area contributed by atoms with E-state index in [1.807, 2.05) is 0 Å². The first kappa shape index (κ1) is 17.1. The van der Waals surface area contributed by atoms with Gasteiger partial charge in [0.25, 0.3) is 0 Å². The van der Waals surface area contributed by atoms with Crippen LogP contribution in [0.25, 0.3) is 0 Å². The van der Waals surface area contributed by atoms with Crippen molar-refractivity contribution in [2.45, 2.75) is 58.6 Å². The Morgan fingerprint density at radius 1 is 1.36 bits per heavy atom. The molecule has 0 aromatic carbocycles. The number of nitrogens with zero attached hydrogens (tertiary/aromatic N) is 1. The molecule has 2 N–H and O–H groups in total. The lowest BCUT2D eigenvalue weighted by Crippen LogP contribution is -2.65. The number of nitrogens with one attached hydrogen (secondary N) is 1. The van der Waals surface area contributed by atoms with Crippen LogP contribution in [0.4, 0.5) is 4.79 Å². The van der Waals surface area contributed by atoms with Crippen molar-refractivity contribution in [2.24, 2.45) is 10.8 Å². The number of carboxylic acid groups (broad SMARTS) is 1. The molecule has 126 valence electrons. The fourth-order valence-electron chi connectivity index (χ4n) is 4.03. The number of hydrogen-bond acceptors (Lipinski definition) is 3. The summed E-state index contributed by atoms with van der Waals surface area (Å²) in [5.74, 6) is -0.831. The molecule has 0 spiro atoms. The maximum absolute atomic E-state index is 12.5. The number of carbonyl (C=O) groups is 2. The molecule has 6 heteroatoms. The van der Waals surface area contributed by atoms with Gasteiger partial charge in [-0.1, -0.05) is 13.8 Å². The highest BCUT2D eigenvalue weighted by Crippen LogP contribution is 2.48. The molecule has 1 saturated heterocycles. The van der Waals surface area contributed by atoms with Gasteiger partial charge in [0.05, 0.1) is 11.5 Å². The maximum atomic E-state index is 12.5. The van der Waals surface area contributed by atoms with Crippen LogP contribution in [0.1, 0.15) is 46.5 Å². The van der Waals surface area contributed by atoms with Crippen molar-refractivity contribution in [1.82, 2.24) is 10.2 Å². The van der Waals surface area contributed by atoms with Gasteiger partial charge in [0.2, 0.25) is 0 Å². The number of hydrogen-bond donors (Lipinski definition) is 2. The van der Waals surface area contributed by atoms with Crippen molar-refractivity contribution in [1.29, 1.82) is 0 Å². The topological polar surface area (TPSA) is 78.9 Å². The van der Waals surface area contributed by atoms with Crippen LogP contribution >= 0.6 is 0 Å². The number of urea groups is 1. The van der Waals surface area contributed by atoms with E-state index in [0.717, 1.165) is 19.3 Å². The quantitative estimate of drug-likeness (QED) is 0.814. The van der Waals surface area contributed by atoms with Crippen LogP contribution in [0.3, 0.4) is 0 Å². The summed E-state index contributed by atoms with van der Waals surface area (Å²) in [5, 5.41) is 12.4. The average molecular weight is 312 g/mol. The Morgan fingerprint density at radius 3 is 2.45 bits per heavy atom. The molecule has 2 amide bonds. The van der Waals surface area contributed by atoms with Crippen LogP contribution < -0.4 is 5.32 Å². The van der Waals surface area contributed by atoms with Gasteiger partial charge in [0.1, 0.15) is 0 Å². The van der Waals surface area contributed by atoms with Gasteiger partial charge in [-0.15, -0.1) is 0 Å². The van der Waals surface area contributed by atoms with Gasteiger partial charge in [-0.05, 0) is 32.6 Å². The van der Waals surface area contributed by atoms with Crippen LogP contribution in [-0.2, 0) is 9.53 Å². The molecule has 3 atom stereocenters. The third-order valence-corrected chi connectivity index (χ3v) is 5.96. The number of likely N-dealkylation sites (tertiary alicyclic amines) is 1. The monoisotopic (exact) mass is 312 g/mol. The minimum atomic E-state index is -0.831. The van der Waals surface area contributed by atoms with Gasteiger partial charge in [-0.3, -0.25) is 4.79 Å². The molecule has 0 aromatic heterocycles. The number of carbonyl (C=O) groups excluding carboxylic acids is 1. The standard InChI is InChI=1S/C16H28N2O4/c1-5-16(6-2)11(9-12(16)22-4)17-14(21)18-8-7-15(3,10-18)13(19)20/h11-12H,5-10H2,1-4H3,(H,17,21)(H,19,20). The highest BCUT2D eigenvalue weighted by Gasteiger charge is 2.54. The Hall–Kier alpha value is -1.30. The number of ether oxygens (including phenoxy) is 1. The summed E-state index contributed by atoms with van der Waals surface area (Å²) in [6.45, 7) is 6.74. The molecule has 1 aliphatic heterocycles. The fraction of sp³-hybridized carbons (Fsp3) is 0.875. The summed E-state index contributed by atoms with van der Waals surface area (Å²) >= 11 is 0. The van der Waals surface area contributed by atoms with Crippen molar-refractivity contribution in [2.75, 3.05) is 20.2 Å². The molecular formula is C16H28N2O4. The lowest BCUT2D eigenvalue weighted by Gasteiger charge is -2.55. The number of aliphatic carboxylic acids is 1. The molecule has 1 heterocycles. The second kappa shape index (κ2) is 6.07.